The SMILES string of the molecule is CN1CCN(c2cc(Nc3n[nH]c4ccc(F)cc34)nc(C3CCCCC3)n2)CC1. The van der Waals surface area contributed by atoms with Crippen molar-refractivity contribution in [1.29, 1.82) is 0 Å². The lowest BCUT2D eigenvalue weighted by Crippen LogP contribution is -2.45. The molecule has 0 amide bonds. The maximum absolute atomic E-state index is 13.8. The van der Waals surface area contributed by atoms with Crippen molar-refractivity contribution in [2.24, 2.45) is 0 Å². The summed E-state index contributed by atoms with van der Waals surface area (Å²) in [4.78, 5) is 14.5. The highest BCUT2D eigenvalue weighted by Crippen LogP contribution is 2.33. The molecule has 5 rings (SSSR count). The van der Waals surface area contributed by atoms with Gasteiger partial charge in [-0.1, -0.05) is 19.3 Å². The molecule has 1 saturated heterocycles. The number of aromatic amines is 1. The van der Waals surface area contributed by atoms with Crippen LogP contribution in [0.2, 0.25) is 0 Å². The Labute approximate surface area is 175 Å². The van der Waals surface area contributed by atoms with Crippen molar-refractivity contribution < 1.29 is 4.39 Å². The van der Waals surface area contributed by atoms with Gasteiger partial charge in [-0.05, 0) is 38.1 Å². The molecule has 30 heavy (non-hydrogen) atoms. The van der Waals surface area contributed by atoms with Crippen LogP contribution in [0.4, 0.5) is 21.8 Å². The van der Waals surface area contributed by atoms with Crippen molar-refractivity contribution in [3.05, 3.63) is 35.9 Å². The molecule has 3 aromatic rings. The van der Waals surface area contributed by atoms with E-state index in [1.807, 2.05) is 6.07 Å². The van der Waals surface area contributed by atoms with Gasteiger partial charge in [0.2, 0.25) is 0 Å². The number of anilines is 3. The van der Waals surface area contributed by atoms with Crippen molar-refractivity contribution in [1.82, 2.24) is 25.1 Å². The molecule has 1 aromatic carbocycles. The summed E-state index contributed by atoms with van der Waals surface area (Å²) in [6.07, 6.45) is 6.05. The van der Waals surface area contributed by atoms with Crippen LogP contribution in [0.3, 0.4) is 0 Å². The van der Waals surface area contributed by atoms with E-state index in [1.54, 1.807) is 6.07 Å². The van der Waals surface area contributed by atoms with Crippen molar-refractivity contribution >= 4 is 28.4 Å². The number of aromatic nitrogens is 4. The summed E-state index contributed by atoms with van der Waals surface area (Å²) in [5.41, 5.74) is 0.791. The molecule has 0 spiro atoms. The number of halogens is 1. The van der Waals surface area contributed by atoms with E-state index in [4.69, 9.17) is 9.97 Å². The summed E-state index contributed by atoms with van der Waals surface area (Å²) in [5.74, 6) is 3.31. The van der Waals surface area contributed by atoms with Gasteiger partial charge in [-0.25, -0.2) is 14.4 Å². The Morgan fingerprint density at radius 3 is 2.63 bits per heavy atom. The highest BCUT2D eigenvalue weighted by atomic mass is 19.1. The number of H-pyrrole nitrogens is 1. The van der Waals surface area contributed by atoms with Crippen LogP contribution in [0.5, 0.6) is 0 Å². The van der Waals surface area contributed by atoms with Gasteiger partial charge >= 0.3 is 0 Å². The quantitative estimate of drug-likeness (QED) is 0.678. The average molecular weight is 410 g/mol. The number of benzene rings is 1. The van der Waals surface area contributed by atoms with Crippen LogP contribution in [0.15, 0.2) is 24.3 Å². The van der Waals surface area contributed by atoms with E-state index in [9.17, 15) is 4.39 Å². The predicted molar refractivity (Wildman–Crippen MR) is 117 cm³/mol. The molecule has 7 nitrogen and oxygen atoms in total. The van der Waals surface area contributed by atoms with Crippen molar-refractivity contribution in [3.8, 4) is 0 Å². The second-order valence-corrected chi connectivity index (χ2v) is 8.48. The standard InChI is InChI=1S/C22H28FN7/c1-29-9-11-30(12-10-29)20-14-19(24-21(26-20)15-5-3-2-4-6-15)25-22-17-13-16(23)7-8-18(17)27-28-22/h7-8,13-15H,2-6,9-12H2,1H3,(H2,24,25,26,27,28). The van der Waals surface area contributed by atoms with Crippen LogP contribution in [0.1, 0.15) is 43.8 Å². The Hall–Kier alpha value is -2.74. The van der Waals surface area contributed by atoms with Crippen molar-refractivity contribution in [2.45, 2.75) is 38.0 Å². The maximum Gasteiger partial charge on any atom is 0.161 e. The van der Waals surface area contributed by atoms with Crippen LogP contribution in [0.25, 0.3) is 10.9 Å². The number of nitrogens with zero attached hydrogens (tertiary/aromatic N) is 5. The van der Waals surface area contributed by atoms with E-state index >= 15 is 0 Å². The molecule has 1 aliphatic carbocycles. The molecular formula is C22H28FN7. The smallest absolute Gasteiger partial charge is 0.161 e. The van der Waals surface area contributed by atoms with Gasteiger partial charge < -0.3 is 15.1 Å². The van der Waals surface area contributed by atoms with Gasteiger partial charge in [-0.15, -0.1) is 0 Å². The number of nitrogens with one attached hydrogen (secondary N) is 2. The number of fused-ring (bicyclic) bond motifs is 1. The van der Waals surface area contributed by atoms with E-state index in [0.717, 1.165) is 62.0 Å². The first-order chi connectivity index (χ1) is 14.7. The third-order valence-corrected chi connectivity index (χ3v) is 6.30. The van der Waals surface area contributed by atoms with Crippen LogP contribution in [0, 0.1) is 5.82 Å². The molecule has 3 heterocycles. The third-order valence-electron chi connectivity index (χ3n) is 6.30. The van der Waals surface area contributed by atoms with E-state index in [-0.39, 0.29) is 5.82 Å². The summed E-state index contributed by atoms with van der Waals surface area (Å²) in [7, 11) is 2.15. The summed E-state index contributed by atoms with van der Waals surface area (Å²) < 4.78 is 13.8. The Morgan fingerprint density at radius 2 is 1.83 bits per heavy atom. The molecule has 2 fully saturated rings. The molecule has 2 N–H and O–H groups in total. The number of hydrogen-bond donors (Lipinski definition) is 2. The predicted octanol–water partition coefficient (Wildman–Crippen LogP) is 4.04. The molecule has 0 radical (unpaired) electrons. The van der Waals surface area contributed by atoms with E-state index in [1.165, 1.54) is 31.4 Å². The minimum absolute atomic E-state index is 0.282. The van der Waals surface area contributed by atoms with Gasteiger partial charge in [0.25, 0.3) is 0 Å². The molecule has 8 heteroatoms. The lowest BCUT2D eigenvalue weighted by Gasteiger charge is -2.33. The van der Waals surface area contributed by atoms with Gasteiger partial charge in [0.15, 0.2) is 5.82 Å². The third kappa shape index (κ3) is 3.96. The number of rotatable bonds is 4. The van der Waals surface area contributed by atoms with Gasteiger partial charge in [0.1, 0.15) is 23.3 Å². The summed E-state index contributed by atoms with van der Waals surface area (Å²) in [6, 6.07) is 6.62. The zero-order valence-corrected chi connectivity index (χ0v) is 17.4. The Kier molecular flexibility index (Phi) is 5.25. The van der Waals surface area contributed by atoms with Crippen LogP contribution in [-0.4, -0.2) is 58.3 Å². The lowest BCUT2D eigenvalue weighted by atomic mass is 9.88. The Bertz CT molecular complexity index is 1020. The largest absolute Gasteiger partial charge is 0.354 e. The first-order valence-electron chi connectivity index (χ1n) is 10.9. The molecular weight excluding hydrogens is 381 g/mol. The maximum atomic E-state index is 13.8. The highest BCUT2D eigenvalue weighted by molar-refractivity contribution is 5.91. The van der Waals surface area contributed by atoms with Crippen molar-refractivity contribution in [3.63, 3.8) is 0 Å². The second kappa shape index (κ2) is 8.18. The van der Waals surface area contributed by atoms with Crippen LogP contribution in [-0.2, 0) is 0 Å². The van der Waals surface area contributed by atoms with Gasteiger partial charge in [-0.2, -0.15) is 5.10 Å². The first kappa shape index (κ1) is 19.2. The molecule has 0 unspecified atom stereocenters. The highest BCUT2D eigenvalue weighted by Gasteiger charge is 2.23. The Morgan fingerprint density at radius 1 is 1.03 bits per heavy atom. The molecule has 2 aliphatic rings. The molecule has 2 aromatic heterocycles. The molecule has 0 atom stereocenters. The first-order valence-corrected chi connectivity index (χ1v) is 10.9. The Balaban J connectivity index is 1.49. The van der Waals surface area contributed by atoms with E-state index in [2.05, 4.69) is 32.4 Å². The van der Waals surface area contributed by atoms with Gasteiger partial charge in [0, 0.05) is 43.5 Å². The number of hydrogen-bond acceptors (Lipinski definition) is 6. The topological polar surface area (TPSA) is 73.0 Å². The fourth-order valence-electron chi connectivity index (χ4n) is 4.46. The van der Waals surface area contributed by atoms with E-state index < -0.39 is 0 Å². The zero-order valence-electron chi connectivity index (χ0n) is 17.4. The van der Waals surface area contributed by atoms with Gasteiger partial charge in [0.05, 0.1) is 5.52 Å². The monoisotopic (exact) mass is 409 g/mol. The normalized spacial score (nSPS) is 18.8. The zero-order chi connectivity index (χ0) is 20.5. The minimum atomic E-state index is -0.282. The van der Waals surface area contributed by atoms with Crippen LogP contribution >= 0.6 is 0 Å². The van der Waals surface area contributed by atoms with Crippen LogP contribution < -0.4 is 10.2 Å². The molecule has 1 aliphatic heterocycles. The van der Waals surface area contributed by atoms with E-state index in [0.29, 0.717) is 17.1 Å². The fourth-order valence-corrected chi connectivity index (χ4v) is 4.46. The van der Waals surface area contributed by atoms with Gasteiger partial charge in [-0.3, -0.25) is 5.10 Å². The molecule has 158 valence electrons. The molecule has 0 bridgehead atoms. The number of piperazine rings is 1. The molecule has 1 saturated carbocycles. The summed E-state index contributed by atoms with van der Waals surface area (Å²) >= 11 is 0. The fraction of sp³-hybridized carbons (Fsp3) is 0.500. The summed E-state index contributed by atoms with van der Waals surface area (Å²) in [6.45, 7) is 3.95. The number of likely N-dealkylation sites (N-methyl/N-ethyl adjacent to an activating group) is 1. The summed E-state index contributed by atoms with van der Waals surface area (Å²) in [5, 5.41) is 11.3. The second-order valence-electron chi connectivity index (χ2n) is 8.48. The van der Waals surface area contributed by atoms with Crippen molar-refractivity contribution in [2.75, 3.05) is 43.4 Å². The lowest BCUT2D eigenvalue weighted by molar-refractivity contribution is 0.311. The average Bonchev–Trinajstić information content (AvgIpc) is 3.16. The minimum Gasteiger partial charge on any atom is -0.354 e.